The van der Waals surface area contributed by atoms with E-state index in [0.717, 1.165) is 42.8 Å². The fourth-order valence-corrected chi connectivity index (χ4v) is 5.00. The van der Waals surface area contributed by atoms with Gasteiger partial charge in [0, 0.05) is 4.88 Å². The molecular weight excluding hydrogens is 402 g/mol. The van der Waals surface area contributed by atoms with Crippen LogP contribution >= 0.6 is 11.3 Å². The first-order valence-corrected chi connectivity index (χ1v) is 11.1. The Morgan fingerprint density at radius 3 is 2.53 bits per heavy atom. The zero-order valence-electron chi connectivity index (χ0n) is 17.6. The quantitative estimate of drug-likeness (QED) is 0.560. The maximum absolute atomic E-state index is 13.2. The molecule has 8 heteroatoms. The van der Waals surface area contributed by atoms with Crippen LogP contribution in [-0.2, 0) is 22.4 Å². The van der Waals surface area contributed by atoms with Crippen molar-refractivity contribution < 1.29 is 24.0 Å². The van der Waals surface area contributed by atoms with Gasteiger partial charge in [0.2, 0.25) is 0 Å². The van der Waals surface area contributed by atoms with E-state index in [0.29, 0.717) is 22.8 Å². The first-order valence-electron chi connectivity index (χ1n) is 10.2. The van der Waals surface area contributed by atoms with Crippen LogP contribution in [0.2, 0.25) is 0 Å². The molecule has 1 aromatic heterocycles. The minimum absolute atomic E-state index is 0.0994. The SMILES string of the molecule is CC[NH+](CC)CC(=O)Nc1sc2c(c1C(=O)Nc1ccccc1C(=O)OC)CCC2. The molecule has 0 atom stereocenters. The van der Waals surface area contributed by atoms with Gasteiger partial charge in [-0.15, -0.1) is 11.3 Å². The fraction of sp³-hybridized carbons (Fsp3) is 0.409. The van der Waals surface area contributed by atoms with Crippen LogP contribution in [0.5, 0.6) is 0 Å². The van der Waals surface area contributed by atoms with Crippen molar-refractivity contribution >= 4 is 39.8 Å². The van der Waals surface area contributed by atoms with Crippen LogP contribution in [0, 0.1) is 0 Å². The van der Waals surface area contributed by atoms with E-state index in [1.807, 2.05) is 13.8 Å². The van der Waals surface area contributed by atoms with Crippen molar-refractivity contribution in [1.82, 2.24) is 0 Å². The standard InChI is InChI=1S/C22H27N3O4S/c1-4-25(5-2)13-18(26)24-21-19(15-10-8-12-17(15)30-21)20(27)23-16-11-7-6-9-14(16)22(28)29-3/h6-7,9,11H,4-5,8,10,12-13H2,1-3H3,(H,23,27)(H,24,26)/p+1. The van der Waals surface area contributed by atoms with Gasteiger partial charge in [-0.3, -0.25) is 9.59 Å². The van der Waals surface area contributed by atoms with E-state index in [1.165, 1.54) is 23.3 Å². The molecule has 1 aliphatic rings. The highest BCUT2D eigenvalue weighted by molar-refractivity contribution is 7.17. The summed E-state index contributed by atoms with van der Waals surface area (Å²) in [5, 5.41) is 6.39. The lowest BCUT2D eigenvalue weighted by atomic mass is 10.1. The summed E-state index contributed by atoms with van der Waals surface area (Å²) in [6.45, 7) is 6.18. The Hall–Kier alpha value is -2.71. The Morgan fingerprint density at radius 2 is 1.83 bits per heavy atom. The number of fused-ring (bicyclic) bond motifs is 1. The molecule has 2 amide bonds. The Balaban J connectivity index is 1.86. The molecule has 1 aromatic carbocycles. The number of esters is 1. The zero-order chi connectivity index (χ0) is 21.7. The number of aryl methyl sites for hydroxylation is 1. The monoisotopic (exact) mass is 430 g/mol. The maximum Gasteiger partial charge on any atom is 0.339 e. The third kappa shape index (κ3) is 4.71. The van der Waals surface area contributed by atoms with Crippen molar-refractivity contribution in [3.05, 3.63) is 45.8 Å². The molecule has 2 aromatic rings. The Kier molecular flexibility index (Phi) is 7.23. The largest absolute Gasteiger partial charge is 0.465 e. The van der Waals surface area contributed by atoms with E-state index in [1.54, 1.807) is 24.3 Å². The number of likely N-dealkylation sites (N-methyl/N-ethyl adjacent to an activating group) is 1. The highest BCUT2D eigenvalue weighted by Gasteiger charge is 2.28. The van der Waals surface area contributed by atoms with Crippen LogP contribution in [0.3, 0.4) is 0 Å². The number of nitrogens with one attached hydrogen (secondary N) is 3. The summed E-state index contributed by atoms with van der Waals surface area (Å²) < 4.78 is 4.81. The van der Waals surface area contributed by atoms with Gasteiger partial charge in [-0.1, -0.05) is 12.1 Å². The van der Waals surface area contributed by atoms with E-state index < -0.39 is 5.97 Å². The molecule has 0 bridgehead atoms. The van der Waals surface area contributed by atoms with Crippen molar-refractivity contribution in [2.75, 3.05) is 37.4 Å². The lowest BCUT2D eigenvalue weighted by Crippen LogP contribution is -3.12. The number of methoxy groups -OCH3 is 1. The number of thiophene rings is 1. The third-order valence-corrected chi connectivity index (χ3v) is 6.60. The number of hydrogen-bond acceptors (Lipinski definition) is 5. The average molecular weight is 431 g/mol. The van der Waals surface area contributed by atoms with Gasteiger partial charge in [0.25, 0.3) is 11.8 Å². The van der Waals surface area contributed by atoms with Gasteiger partial charge in [0.05, 0.1) is 37.0 Å². The highest BCUT2D eigenvalue weighted by Crippen LogP contribution is 2.39. The predicted molar refractivity (Wildman–Crippen MR) is 118 cm³/mol. The smallest absolute Gasteiger partial charge is 0.339 e. The highest BCUT2D eigenvalue weighted by atomic mass is 32.1. The van der Waals surface area contributed by atoms with Crippen LogP contribution < -0.4 is 15.5 Å². The number of carbonyl (C=O) groups is 3. The molecule has 30 heavy (non-hydrogen) atoms. The molecule has 0 saturated heterocycles. The van der Waals surface area contributed by atoms with Crippen LogP contribution in [0.4, 0.5) is 10.7 Å². The van der Waals surface area contributed by atoms with Gasteiger partial charge in [-0.05, 0) is 50.8 Å². The molecule has 3 rings (SSSR count). The number of ether oxygens (including phenoxy) is 1. The molecule has 0 unspecified atom stereocenters. The summed E-state index contributed by atoms with van der Waals surface area (Å²) in [7, 11) is 1.30. The van der Waals surface area contributed by atoms with Crippen molar-refractivity contribution in [3.63, 3.8) is 0 Å². The number of benzene rings is 1. The van der Waals surface area contributed by atoms with E-state index in [-0.39, 0.29) is 17.4 Å². The molecule has 0 aliphatic heterocycles. The average Bonchev–Trinajstić information content (AvgIpc) is 3.32. The zero-order valence-corrected chi connectivity index (χ0v) is 18.4. The number of hydrogen-bond donors (Lipinski definition) is 3. The molecule has 1 heterocycles. The van der Waals surface area contributed by atoms with Gasteiger partial charge in [0.15, 0.2) is 6.54 Å². The molecule has 1 aliphatic carbocycles. The second-order valence-corrected chi connectivity index (χ2v) is 8.34. The van der Waals surface area contributed by atoms with Gasteiger partial charge < -0.3 is 20.3 Å². The molecule has 0 fully saturated rings. The lowest BCUT2D eigenvalue weighted by Gasteiger charge is -2.15. The van der Waals surface area contributed by atoms with Gasteiger partial charge in [-0.25, -0.2) is 4.79 Å². The maximum atomic E-state index is 13.2. The summed E-state index contributed by atoms with van der Waals surface area (Å²) in [6.07, 6.45) is 2.72. The fourth-order valence-electron chi connectivity index (χ4n) is 3.70. The Morgan fingerprint density at radius 1 is 1.10 bits per heavy atom. The third-order valence-electron chi connectivity index (χ3n) is 5.39. The molecule has 3 N–H and O–H groups in total. The first kappa shape index (κ1) is 22.0. The Bertz CT molecular complexity index is 950. The number of rotatable bonds is 8. The number of anilines is 2. The summed E-state index contributed by atoms with van der Waals surface area (Å²) in [4.78, 5) is 40.1. The topological polar surface area (TPSA) is 88.9 Å². The number of para-hydroxylation sites is 1. The minimum atomic E-state index is -0.517. The predicted octanol–water partition coefficient (Wildman–Crippen LogP) is 2.14. The molecule has 0 saturated carbocycles. The second kappa shape index (κ2) is 9.86. The van der Waals surface area contributed by atoms with Crippen molar-refractivity contribution in [1.29, 1.82) is 0 Å². The molecule has 160 valence electrons. The minimum Gasteiger partial charge on any atom is -0.465 e. The normalized spacial score (nSPS) is 12.5. The van der Waals surface area contributed by atoms with Crippen molar-refractivity contribution in [2.45, 2.75) is 33.1 Å². The Labute approximate surface area is 180 Å². The summed E-state index contributed by atoms with van der Waals surface area (Å²) in [5.74, 6) is -0.939. The van der Waals surface area contributed by atoms with Crippen LogP contribution in [0.15, 0.2) is 24.3 Å². The first-order chi connectivity index (χ1) is 14.5. The number of quaternary nitrogens is 1. The summed E-state index contributed by atoms with van der Waals surface area (Å²) >= 11 is 1.48. The lowest BCUT2D eigenvalue weighted by molar-refractivity contribution is -0.888. The van der Waals surface area contributed by atoms with E-state index in [9.17, 15) is 14.4 Å². The molecule has 0 radical (unpaired) electrons. The molecule has 7 nitrogen and oxygen atoms in total. The van der Waals surface area contributed by atoms with E-state index in [4.69, 9.17) is 4.74 Å². The van der Waals surface area contributed by atoms with Crippen LogP contribution in [0.1, 0.15) is 51.4 Å². The second-order valence-electron chi connectivity index (χ2n) is 7.23. The van der Waals surface area contributed by atoms with Gasteiger partial charge in [0.1, 0.15) is 5.00 Å². The summed E-state index contributed by atoms with van der Waals surface area (Å²) in [6, 6.07) is 6.73. The molecular formula is C22H28N3O4S+. The van der Waals surface area contributed by atoms with Gasteiger partial charge >= 0.3 is 5.97 Å². The van der Waals surface area contributed by atoms with Crippen molar-refractivity contribution in [3.8, 4) is 0 Å². The van der Waals surface area contributed by atoms with Crippen LogP contribution in [-0.4, -0.2) is 44.5 Å². The van der Waals surface area contributed by atoms with Gasteiger partial charge in [-0.2, -0.15) is 0 Å². The number of amides is 2. The molecule has 0 spiro atoms. The number of carbonyl (C=O) groups excluding carboxylic acids is 3. The van der Waals surface area contributed by atoms with E-state index >= 15 is 0 Å². The summed E-state index contributed by atoms with van der Waals surface area (Å²) in [5.41, 5.74) is 2.18. The van der Waals surface area contributed by atoms with Crippen LogP contribution in [0.25, 0.3) is 0 Å². The van der Waals surface area contributed by atoms with Crippen molar-refractivity contribution in [2.24, 2.45) is 0 Å². The van der Waals surface area contributed by atoms with E-state index in [2.05, 4.69) is 10.6 Å².